The normalized spacial score (nSPS) is 15.7. The molecule has 1 aliphatic rings. The van der Waals surface area contributed by atoms with Crippen molar-refractivity contribution < 1.29 is 18.9 Å². The number of hydrogen-bond donors (Lipinski definition) is 2. The Kier molecular flexibility index (Phi) is 6.37. The molecule has 0 fully saturated rings. The van der Waals surface area contributed by atoms with E-state index >= 15 is 0 Å². The van der Waals surface area contributed by atoms with Crippen LogP contribution in [-0.2, 0) is 11.1 Å². The van der Waals surface area contributed by atoms with Gasteiger partial charge in [0.2, 0.25) is 16.4 Å². The van der Waals surface area contributed by atoms with Crippen LogP contribution in [0.3, 0.4) is 0 Å². The Labute approximate surface area is 211 Å². The van der Waals surface area contributed by atoms with Crippen molar-refractivity contribution >= 4 is 78.6 Å². The first kappa shape index (κ1) is 24.6. The second-order valence-electron chi connectivity index (χ2n) is 8.20. The molecule has 3 aromatic carbocycles. The average molecular weight is 546 g/mol. The summed E-state index contributed by atoms with van der Waals surface area (Å²) in [7, 11) is -1.69. The molecule has 2 atom stereocenters. The summed E-state index contributed by atoms with van der Waals surface area (Å²) in [5.74, 6) is 0. The number of rotatable bonds is 5. The molecule has 0 spiro atoms. The van der Waals surface area contributed by atoms with Crippen molar-refractivity contribution in [3.63, 3.8) is 0 Å². The van der Waals surface area contributed by atoms with Crippen molar-refractivity contribution in [3.05, 3.63) is 72.3 Å². The molecule has 5 rings (SSSR count). The highest BCUT2D eigenvalue weighted by Gasteiger charge is 2.30. The van der Waals surface area contributed by atoms with Crippen molar-refractivity contribution in [1.82, 2.24) is 0 Å². The van der Waals surface area contributed by atoms with Crippen LogP contribution in [0, 0.1) is 0 Å². The number of thioether (sulfide) groups is 1. The average Bonchev–Trinajstić information content (AvgIpc) is 3.35. The first-order valence-corrected chi connectivity index (χ1v) is 14.9. The molecule has 4 aromatic rings. The zero-order valence-electron chi connectivity index (χ0n) is 19.0. The van der Waals surface area contributed by atoms with Gasteiger partial charge in [-0.05, 0) is 55.6 Å². The van der Waals surface area contributed by atoms with Gasteiger partial charge in [-0.2, -0.15) is 4.57 Å². The summed E-state index contributed by atoms with van der Waals surface area (Å²) < 4.78 is 14.8. The van der Waals surface area contributed by atoms with E-state index in [9.17, 15) is 23.9 Å². The van der Waals surface area contributed by atoms with E-state index < -0.39 is 7.60 Å². The number of aromatic nitrogens is 1. The zero-order valence-corrected chi connectivity index (χ0v) is 22.6. The summed E-state index contributed by atoms with van der Waals surface area (Å²) in [6.45, 7) is 5.33. The summed E-state index contributed by atoms with van der Waals surface area (Å²) in [6, 6.07) is 10.7. The summed E-state index contributed by atoms with van der Waals surface area (Å²) in [5, 5.41) is 1.92. The number of benzene rings is 2. The second-order valence-corrected chi connectivity index (χ2v) is 12.7. The van der Waals surface area contributed by atoms with E-state index in [0.717, 1.165) is 32.8 Å². The lowest BCUT2D eigenvalue weighted by Gasteiger charge is -2.22. The maximum Gasteiger partial charge on any atom is 0.356 e. The number of thiazole rings is 1. The van der Waals surface area contributed by atoms with Gasteiger partial charge in [0.1, 0.15) is 11.2 Å². The first-order valence-electron chi connectivity index (χ1n) is 11.0. The van der Waals surface area contributed by atoms with Crippen molar-refractivity contribution in [2.45, 2.75) is 30.7 Å². The predicted octanol–water partition coefficient (Wildman–Crippen LogP) is 0.676. The smallest absolute Gasteiger partial charge is 0.355 e. The third-order valence-electron chi connectivity index (χ3n) is 6.11. The van der Waals surface area contributed by atoms with Crippen LogP contribution in [0.5, 0.6) is 0 Å². The van der Waals surface area contributed by atoms with E-state index in [1.165, 1.54) is 23.9 Å². The molecule has 0 amide bonds. The van der Waals surface area contributed by atoms with E-state index in [2.05, 4.69) is 19.9 Å². The Bertz CT molecular complexity index is 1700. The SMILES string of the molecule is CCN1c2ccc(P(=O)(O)O)cc2SC1C=c1c(=O)c(=Cc2sc3cc(P)ccc3[n+]2CC)c1=O. The summed E-state index contributed by atoms with van der Waals surface area (Å²) in [4.78, 5) is 47.7. The van der Waals surface area contributed by atoms with Gasteiger partial charge in [-0.1, -0.05) is 23.1 Å². The van der Waals surface area contributed by atoms with Gasteiger partial charge in [0.15, 0.2) is 0 Å². The molecule has 2 heterocycles. The molecule has 2 N–H and O–H groups in total. The number of nitrogens with zero attached hydrogens (tertiary/aromatic N) is 2. The lowest BCUT2D eigenvalue weighted by Crippen LogP contribution is -2.65. The molecule has 11 heteroatoms. The van der Waals surface area contributed by atoms with Crippen molar-refractivity contribution in [3.8, 4) is 0 Å². The molecule has 7 nitrogen and oxygen atoms in total. The van der Waals surface area contributed by atoms with Crippen LogP contribution >= 0.6 is 39.9 Å². The van der Waals surface area contributed by atoms with Crippen LogP contribution in [0.4, 0.5) is 5.69 Å². The van der Waals surface area contributed by atoms with Crippen LogP contribution in [-0.4, -0.2) is 21.7 Å². The third-order valence-corrected chi connectivity index (χ3v) is 9.73. The van der Waals surface area contributed by atoms with Crippen LogP contribution in [0.1, 0.15) is 18.9 Å². The summed E-state index contributed by atoms with van der Waals surface area (Å²) in [5.41, 5.74) is 1.35. The lowest BCUT2D eigenvalue weighted by molar-refractivity contribution is -0.665. The molecule has 1 aromatic heterocycles. The van der Waals surface area contributed by atoms with E-state index in [-0.39, 0.29) is 32.0 Å². The van der Waals surface area contributed by atoms with Crippen LogP contribution in [0.25, 0.3) is 22.4 Å². The molecular formula is C24H23N2O5P2S2+. The number of aryl methyl sites for hydroxylation is 1. The lowest BCUT2D eigenvalue weighted by atomic mass is 10.1. The van der Waals surface area contributed by atoms with Gasteiger partial charge < -0.3 is 14.7 Å². The largest absolute Gasteiger partial charge is 0.356 e. The molecule has 0 radical (unpaired) electrons. The third kappa shape index (κ3) is 4.25. The minimum Gasteiger partial charge on any atom is -0.355 e. The highest BCUT2D eigenvalue weighted by Crippen LogP contribution is 2.45. The van der Waals surface area contributed by atoms with Crippen molar-refractivity contribution in [2.75, 3.05) is 11.4 Å². The second kappa shape index (κ2) is 9.07. The molecule has 0 saturated carbocycles. The monoisotopic (exact) mass is 545 g/mol. The fourth-order valence-electron chi connectivity index (χ4n) is 4.36. The van der Waals surface area contributed by atoms with Gasteiger partial charge in [0.05, 0.1) is 26.8 Å². The molecule has 1 aliphatic heterocycles. The van der Waals surface area contributed by atoms with Crippen LogP contribution < -0.4 is 41.4 Å². The number of anilines is 1. The van der Waals surface area contributed by atoms with Crippen LogP contribution in [0.2, 0.25) is 0 Å². The summed E-state index contributed by atoms with van der Waals surface area (Å²) in [6.07, 6.45) is 3.37. The molecule has 2 unspecified atom stereocenters. The van der Waals surface area contributed by atoms with E-state index in [1.54, 1.807) is 29.6 Å². The Morgan fingerprint density at radius 2 is 1.86 bits per heavy atom. The predicted molar refractivity (Wildman–Crippen MR) is 146 cm³/mol. The van der Waals surface area contributed by atoms with E-state index in [1.807, 2.05) is 30.9 Å². The quantitative estimate of drug-likeness (QED) is 0.281. The molecule has 180 valence electrons. The van der Waals surface area contributed by atoms with Gasteiger partial charge in [-0.25, -0.2) is 0 Å². The van der Waals surface area contributed by atoms with E-state index in [0.29, 0.717) is 11.4 Å². The molecular weight excluding hydrogens is 522 g/mol. The standard InChI is InChI=1S/C24H22N2O5P2S2/c1-3-25-17-7-5-13(32)9-19(17)34-21(25)11-15-23(27)16(24(15)28)12-22-26(4-2)18-8-6-14(33(29,30)31)10-20(18)35-22/h5-12,22H,3-4,32H2,1-2H3,(H-,29,30,31)/p+1. The Morgan fingerprint density at radius 1 is 1.11 bits per heavy atom. The Balaban J connectivity index is 1.54. The maximum absolute atomic E-state index is 13.0. The van der Waals surface area contributed by atoms with Crippen molar-refractivity contribution in [2.24, 2.45) is 0 Å². The van der Waals surface area contributed by atoms with Gasteiger partial charge >= 0.3 is 7.60 Å². The fourth-order valence-corrected chi connectivity index (χ4v) is 7.97. The van der Waals surface area contributed by atoms with Gasteiger partial charge in [-0.3, -0.25) is 14.2 Å². The molecule has 0 saturated heterocycles. The molecule has 35 heavy (non-hydrogen) atoms. The van der Waals surface area contributed by atoms with Gasteiger partial charge in [-0.15, -0.1) is 9.24 Å². The number of fused-ring (bicyclic) bond motifs is 2. The van der Waals surface area contributed by atoms with Gasteiger partial charge in [0.25, 0.3) is 5.01 Å². The zero-order chi connectivity index (χ0) is 25.1. The highest BCUT2D eigenvalue weighted by atomic mass is 32.2. The van der Waals surface area contributed by atoms with Crippen LogP contribution in [0.15, 0.2) is 50.9 Å². The molecule has 0 aliphatic carbocycles. The molecule has 0 bridgehead atoms. The first-order chi connectivity index (χ1) is 16.6. The van der Waals surface area contributed by atoms with Crippen molar-refractivity contribution in [1.29, 1.82) is 0 Å². The Hall–Kier alpha value is -2.12. The number of hydrogen-bond acceptors (Lipinski definition) is 6. The maximum atomic E-state index is 13.0. The fraction of sp³-hybridized carbons (Fsp3) is 0.208. The minimum atomic E-state index is -4.37. The highest BCUT2D eigenvalue weighted by molar-refractivity contribution is 8.01. The van der Waals surface area contributed by atoms with Gasteiger partial charge in [0, 0.05) is 23.6 Å². The Morgan fingerprint density at radius 3 is 2.51 bits per heavy atom. The summed E-state index contributed by atoms with van der Waals surface area (Å²) >= 11 is 2.93. The van der Waals surface area contributed by atoms with E-state index in [4.69, 9.17) is 0 Å². The minimum absolute atomic E-state index is 0.0459. The topological polar surface area (TPSA) is 98.8 Å².